The maximum absolute atomic E-state index is 12.4. The molecule has 21 heavy (non-hydrogen) atoms. The van der Waals surface area contributed by atoms with Crippen LogP contribution < -0.4 is 10.1 Å². The van der Waals surface area contributed by atoms with Gasteiger partial charge in [-0.2, -0.15) is 0 Å². The van der Waals surface area contributed by atoms with Gasteiger partial charge in [-0.15, -0.1) is 0 Å². The van der Waals surface area contributed by atoms with Crippen LogP contribution in [-0.4, -0.2) is 29.7 Å². The fourth-order valence-corrected chi connectivity index (χ4v) is 1.86. The van der Waals surface area contributed by atoms with Crippen molar-refractivity contribution in [2.45, 2.75) is 53.1 Å². The molecule has 0 aromatic carbocycles. The van der Waals surface area contributed by atoms with Crippen LogP contribution in [0.15, 0.2) is 12.1 Å². The predicted octanol–water partition coefficient (Wildman–Crippen LogP) is 3.32. The monoisotopic (exact) mass is 294 g/mol. The molecule has 0 fully saturated rings. The molecule has 0 aliphatic heterocycles. The van der Waals surface area contributed by atoms with E-state index in [2.05, 4.69) is 10.3 Å². The quantitative estimate of drug-likeness (QED) is 0.799. The van der Waals surface area contributed by atoms with Gasteiger partial charge >= 0.3 is 0 Å². The maximum Gasteiger partial charge on any atom is 0.256 e. The van der Waals surface area contributed by atoms with Crippen LogP contribution in [0.5, 0.6) is 5.88 Å². The van der Waals surface area contributed by atoms with Crippen LogP contribution in [-0.2, 0) is 9.53 Å². The highest BCUT2D eigenvalue weighted by molar-refractivity contribution is 5.97. The van der Waals surface area contributed by atoms with Gasteiger partial charge in [0.05, 0.1) is 18.0 Å². The smallest absolute Gasteiger partial charge is 0.256 e. The summed E-state index contributed by atoms with van der Waals surface area (Å²) in [5, 5.41) is 2.89. The molecule has 1 atom stereocenters. The molecular weight excluding hydrogens is 268 g/mol. The first-order chi connectivity index (χ1) is 9.96. The molecule has 0 saturated heterocycles. The molecule has 1 aromatic heterocycles. The molecule has 0 bridgehead atoms. The molecule has 1 rings (SSSR count). The Morgan fingerprint density at radius 3 is 2.57 bits per heavy atom. The number of pyridine rings is 1. The summed E-state index contributed by atoms with van der Waals surface area (Å²) in [6.45, 7) is 10.6. The van der Waals surface area contributed by atoms with Crippen molar-refractivity contribution in [3.63, 3.8) is 0 Å². The molecule has 1 aromatic rings. The lowest BCUT2D eigenvalue weighted by Gasteiger charge is -2.27. The van der Waals surface area contributed by atoms with Crippen molar-refractivity contribution in [1.82, 2.24) is 4.98 Å². The van der Waals surface area contributed by atoms with Gasteiger partial charge in [0.2, 0.25) is 5.88 Å². The molecule has 5 nitrogen and oxygen atoms in total. The third-order valence-corrected chi connectivity index (χ3v) is 3.38. The molecule has 1 N–H and O–H groups in total. The molecule has 0 radical (unpaired) electrons. The summed E-state index contributed by atoms with van der Waals surface area (Å²) in [6, 6.07) is 3.58. The normalized spacial score (nSPS) is 13.6. The van der Waals surface area contributed by atoms with Gasteiger partial charge in [0.15, 0.2) is 0 Å². The van der Waals surface area contributed by atoms with Crippen LogP contribution in [0.1, 0.15) is 46.2 Å². The van der Waals surface area contributed by atoms with Crippen LogP contribution in [0.4, 0.5) is 5.69 Å². The van der Waals surface area contributed by atoms with Crippen molar-refractivity contribution in [2.24, 2.45) is 0 Å². The van der Waals surface area contributed by atoms with Gasteiger partial charge in [0, 0.05) is 12.7 Å². The minimum absolute atomic E-state index is 0.154. The third kappa shape index (κ3) is 4.70. The molecule has 5 heteroatoms. The zero-order valence-electron chi connectivity index (χ0n) is 13.7. The van der Waals surface area contributed by atoms with E-state index >= 15 is 0 Å². The molecule has 1 amide bonds. The molecule has 1 heterocycles. The lowest BCUT2D eigenvalue weighted by atomic mass is 10.0. The first-order valence-corrected chi connectivity index (χ1v) is 7.52. The Labute approximate surface area is 127 Å². The van der Waals surface area contributed by atoms with E-state index in [0.29, 0.717) is 31.2 Å². The van der Waals surface area contributed by atoms with E-state index in [1.165, 1.54) is 0 Å². The number of ether oxygens (including phenoxy) is 2. The van der Waals surface area contributed by atoms with Crippen molar-refractivity contribution in [3.8, 4) is 5.88 Å². The van der Waals surface area contributed by atoms with Gasteiger partial charge in [-0.25, -0.2) is 4.98 Å². The Morgan fingerprint density at radius 2 is 2.05 bits per heavy atom. The van der Waals surface area contributed by atoms with Crippen LogP contribution in [0.3, 0.4) is 0 Å². The number of amides is 1. The average molecular weight is 294 g/mol. The number of carbonyl (C=O) groups excluding carboxylic acids is 1. The Morgan fingerprint density at radius 1 is 1.33 bits per heavy atom. The molecule has 0 aliphatic carbocycles. The van der Waals surface area contributed by atoms with E-state index in [1.807, 2.05) is 33.8 Å². The highest BCUT2D eigenvalue weighted by atomic mass is 16.5. The van der Waals surface area contributed by atoms with E-state index < -0.39 is 5.60 Å². The Bertz CT molecular complexity index is 477. The number of aryl methyl sites for hydroxylation is 1. The minimum atomic E-state index is -0.821. The first-order valence-electron chi connectivity index (χ1n) is 7.52. The second-order valence-corrected chi connectivity index (χ2v) is 5.10. The second kappa shape index (κ2) is 7.98. The van der Waals surface area contributed by atoms with E-state index in [4.69, 9.17) is 9.47 Å². The lowest BCUT2D eigenvalue weighted by Crippen LogP contribution is -2.42. The van der Waals surface area contributed by atoms with Crippen molar-refractivity contribution in [1.29, 1.82) is 0 Å². The van der Waals surface area contributed by atoms with Crippen LogP contribution >= 0.6 is 0 Å². The van der Waals surface area contributed by atoms with Crippen LogP contribution in [0.2, 0.25) is 0 Å². The number of carbonyl (C=O) groups is 1. The zero-order chi connectivity index (χ0) is 15.9. The standard InChI is InChI=1S/C16H26N2O3/c1-6-11-20-14-10-9-13(12(4)17-14)18-15(19)16(5,7-2)21-8-3/h9-10H,6-8,11H2,1-5H3,(H,18,19)/t16-/m1/s1. The summed E-state index contributed by atoms with van der Waals surface area (Å²) in [5.74, 6) is 0.425. The van der Waals surface area contributed by atoms with Crippen LogP contribution in [0.25, 0.3) is 0 Å². The SMILES string of the molecule is CCCOc1ccc(NC(=O)[C@@](C)(CC)OCC)c(C)n1. The van der Waals surface area contributed by atoms with E-state index in [-0.39, 0.29) is 5.91 Å². The summed E-state index contributed by atoms with van der Waals surface area (Å²) in [6.07, 6.45) is 1.54. The second-order valence-electron chi connectivity index (χ2n) is 5.10. The lowest BCUT2D eigenvalue weighted by molar-refractivity contribution is -0.139. The Hall–Kier alpha value is -1.62. The van der Waals surface area contributed by atoms with E-state index in [1.54, 1.807) is 13.0 Å². The van der Waals surface area contributed by atoms with E-state index in [0.717, 1.165) is 12.1 Å². The predicted molar refractivity (Wildman–Crippen MR) is 83.7 cm³/mol. The van der Waals surface area contributed by atoms with Crippen molar-refractivity contribution in [3.05, 3.63) is 17.8 Å². The fourth-order valence-electron chi connectivity index (χ4n) is 1.86. The van der Waals surface area contributed by atoms with Gasteiger partial charge in [-0.3, -0.25) is 4.79 Å². The van der Waals surface area contributed by atoms with E-state index in [9.17, 15) is 4.79 Å². The Kier molecular flexibility index (Phi) is 6.62. The average Bonchev–Trinajstić information content (AvgIpc) is 2.47. The third-order valence-electron chi connectivity index (χ3n) is 3.38. The van der Waals surface area contributed by atoms with Gasteiger partial charge in [0.25, 0.3) is 5.91 Å². The number of hydrogen-bond acceptors (Lipinski definition) is 4. The van der Waals surface area contributed by atoms with Crippen molar-refractivity contribution < 1.29 is 14.3 Å². The molecule has 0 unspecified atom stereocenters. The Balaban J connectivity index is 2.80. The topological polar surface area (TPSA) is 60.5 Å². The van der Waals surface area contributed by atoms with Crippen LogP contribution in [0, 0.1) is 6.92 Å². The molecule has 0 aliphatic rings. The number of nitrogens with one attached hydrogen (secondary N) is 1. The van der Waals surface area contributed by atoms with Gasteiger partial charge in [0.1, 0.15) is 5.60 Å². The summed E-state index contributed by atoms with van der Waals surface area (Å²) >= 11 is 0. The number of rotatable bonds is 8. The summed E-state index contributed by atoms with van der Waals surface area (Å²) in [4.78, 5) is 16.7. The maximum atomic E-state index is 12.4. The number of anilines is 1. The number of nitrogens with zero attached hydrogens (tertiary/aromatic N) is 1. The number of hydrogen-bond donors (Lipinski definition) is 1. The highest BCUT2D eigenvalue weighted by Gasteiger charge is 2.32. The van der Waals surface area contributed by atoms with Gasteiger partial charge in [-0.1, -0.05) is 13.8 Å². The summed E-state index contributed by atoms with van der Waals surface area (Å²) in [7, 11) is 0. The van der Waals surface area contributed by atoms with Gasteiger partial charge in [-0.05, 0) is 39.7 Å². The first kappa shape index (κ1) is 17.4. The highest BCUT2D eigenvalue weighted by Crippen LogP contribution is 2.22. The summed E-state index contributed by atoms with van der Waals surface area (Å²) < 4.78 is 11.0. The van der Waals surface area contributed by atoms with Gasteiger partial charge < -0.3 is 14.8 Å². The molecular formula is C16H26N2O3. The number of aromatic nitrogens is 1. The molecule has 0 saturated carbocycles. The molecule has 0 spiro atoms. The van der Waals surface area contributed by atoms with Crippen molar-refractivity contribution >= 4 is 11.6 Å². The van der Waals surface area contributed by atoms with Crippen molar-refractivity contribution in [2.75, 3.05) is 18.5 Å². The summed E-state index contributed by atoms with van der Waals surface area (Å²) in [5.41, 5.74) is 0.591. The largest absolute Gasteiger partial charge is 0.478 e. The fraction of sp³-hybridized carbons (Fsp3) is 0.625. The minimum Gasteiger partial charge on any atom is -0.478 e. The molecule has 118 valence electrons. The zero-order valence-corrected chi connectivity index (χ0v) is 13.7.